The molecular formula is C14H28N2O2. The largest absolute Gasteiger partial charge is 0.480 e. The third kappa shape index (κ3) is 4.94. The lowest BCUT2D eigenvalue weighted by Crippen LogP contribution is -2.44. The highest BCUT2D eigenvalue weighted by molar-refractivity contribution is 5.77. The fourth-order valence-electron chi connectivity index (χ4n) is 2.62. The summed E-state index contributed by atoms with van der Waals surface area (Å²) in [7, 11) is 0. The van der Waals surface area contributed by atoms with Crippen molar-refractivity contribution in [2.24, 2.45) is 11.7 Å². The third-order valence-electron chi connectivity index (χ3n) is 4.09. The normalized spacial score (nSPS) is 24.7. The molecule has 0 bridgehead atoms. The van der Waals surface area contributed by atoms with Gasteiger partial charge in [-0.05, 0) is 58.0 Å². The first-order valence-corrected chi connectivity index (χ1v) is 7.20. The Balaban J connectivity index is 2.16. The molecule has 2 unspecified atom stereocenters. The number of carboxylic acid groups (broad SMARTS) is 1. The second-order valence-corrected chi connectivity index (χ2v) is 5.90. The average Bonchev–Trinajstić information content (AvgIpc) is 2.35. The van der Waals surface area contributed by atoms with E-state index in [0.29, 0.717) is 6.42 Å². The van der Waals surface area contributed by atoms with E-state index in [2.05, 4.69) is 11.8 Å². The Hall–Kier alpha value is -0.610. The molecule has 1 rings (SSSR count). The molecule has 2 atom stereocenters. The summed E-state index contributed by atoms with van der Waals surface area (Å²) in [6.45, 7) is 7.38. The molecule has 4 nitrogen and oxygen atoms in total. The first-order valence-electron chi connectivity index (χ1n) is 7.20. The number of piperidine rings is 1. The monoisotopic (exact) mass is 256 g/mol. The molecule has 1 saturated heterocycles. The van der Waals surface area contributed by atoms with Crippen LogP contribution >= 0.6 is 0 Å². The van der Waals surface area contributed by atoms with E-state index in [4.69, 9.17) is 10.8 Å². The van der Waals surface area contributed by atoms with Crippen LogP contribution in [0.5, 0.6) is 0 Å². The van der Waals surface area contributed by atoms with E-state index in [9.17, 15) is 4.79 Å². The molecule has 0 aromatic heterocycles. The zero-order valence-corrected chi connectivity index (χ0v) is 11.8. The van der Waals surface area contributed by atoms with Gasteiger partial charge in [0.2, 0.25) is 0 Å². The van der Waals surface area contributed by atoms with Crippen molar-refractivity contribution in [3.63, 3.8) is 0 Å². The van der Waals surface area contributed by atoms with Crippen molar-refractivity contribution < 1.29 is 9.90 Å². The van der Waals surface area contributed by atoms with E-state index in [1.165, 1.54) is 32.4 Å². The summed E-state index contributed by atoms with van der Waals surface area (Å²) in [5.74, 6) is -0.0379. The molecule has 0 radical (unpaired) electrons. The van der Waals surface area contributed by atoms with Gasteiger partial charge in [0.05, 0.1) is 0 Å². The minimum atomic E-state index is -1.06. The summed E-state index contributed by atoms with van der Waals surface area (Å²) in [5, 5.41) is 8.92. The van der Waals surface area contributed by atoms with Crippen molar-refractivity contribution in [2.75, 3.05) is 19.6 Å². The highest BCUT2D eigenvalue weighted by atomic mass is 16.4. The van der Waals surface area contributed by atoms with Crippen LogP contribution in [-0.4, -0.2) is 41.1 Å². The van der Waals surface area contributed by atoms with Gasteiger partial charge in [0.25, 0.3) is 0 Å². The van der Waals surface area contributed by atoms with Gasteiger partial charge in [-0.2, -0.15) is 0 Å². The second-order valence-electron chi connectivity index (χ2n) is 5.90. The molecule has 0 aromatic rings. The van der Waals surface area contributed by atoms with Gasteiger partial charge in [-0.3, -0.25) is 4.79 Å². The minimum absolute atomic E-state index is 0.563. The van der Waals surface area contributed by atoms with Crippen LogP contribution in [0.4, 0.5) is 0 Å². The standard InChI is InChI=1S/C14H28N2O2/c1-3-12-7-6-10-16(11-12)9-5-4-8-14(2,15)13(17)18/h12H,3-11,15H2,1-2H3,(H,17,18). The molecule has 1 aliphatic rings. The highest BCUT2D eigenvalue weighted by Crippen LogP contribution is 2.20. The molecule has 18 heavy (non-hydrogen) atoms. The van der Waals surface area contributed by atoms with Crippen LogP contribution in [0.25, 0.3) is 0 Å². The van der Waals surface area contributed by atoms with Crippen molar-refractivity contribution >= 4 is 5.97 Å². The minimum Gasteiger partial charge on any atom is -0.480 e. The maximum absolute atomic E-state index is 10.9. The van der Waals surface area contributed by atoms with Gasteiger partial charge in [0.15, 0.2) is 0 Å². The molecule has 0 aromatic carbocycles. The summed E-state index contributed by atoms with van der Waals surface area (Å²) < 4.78 is 0. The predicted molar refractivity (Wildman–Crippen MR) is 73.5 cm³/mol. The summed E-state index contributed by atoms with van der Waals surface area (Å²) in [6, 6.07) is 0. The van der Waals surface area contributed by atoms with Gasteiger partial charge < -0.3 is 15.7 Å². The van der Waals surface area contributed by atoms with E-state index in [-0.39, 0.29) is 0 Å². The van der Waals surface area contributed by atoms with Crippen molar-refractivity contribution in [1.29, 1.82) is 0 Å². The molecule has 3 N–H and O–H groups in total. The number of carboxylic acids is 1. The van der Waals surface area contributed by atoms with Gasteiger partial charge in [-0.1, -0.05) is 13.3 Å². The molecule has 1 aliphatic heterocycles. The van der Waals surface area contributed by atoms with Gasteiger partial charge in [-0.15, -0.1) is 0 Å². The molecule has 0 aliphatic carbocycles. The highest BCUT2D eigenvalue weighted by Gasteiger charge is 2.27. The zero-order chi connectivity index (χ0) is 13.6. The summed E-state index contributed by atoms with van der Waals surface area (Å²) in [4.78, 5) is 13.4. The predicted octanol–water partition coefficient (Wildman–Crippen LogP) is 2.08. The summed E-state index contributed by atoms with van der Waals surface area (Å²) in [5.41, 5.74) is 4.65. The van der Waals surface area contributed by atoms with Crippen molar-refractivity contribution in [1.82, 2.24) is 4.90 Å². The lowest BCUT2D eigenvalue weighted by molar-refractivity contribution is -0.142. The molecular weight excluding hydrogens is 228 g/mol. The van der Waals surface area contributed by atoms with Crippen LogP contribution in [0, 0.1) is 5.92 Å². The first kappa shape index (κ1) is 15.4. The Morgan fingerprint density at radius 2 is 2.22 bits per heavy atom. The van der Waals surface area contributed by atoms with E-state index >= 15 is 0 Å². The lowest BCUT2D eigenvalue weighted by Gasteiger charge is -2.32. The summed E-state index contributed by atoms with van der Waals surface area (Å²) >= 11 is 0. The van der Waals surface area contributed by atoms with E-state index < -0.39 is 11.5 Å². The van der Waals surface area contributed by atoms with Gasteiger partial charge in [-0.25, -0.2) is 0 Å². The number of nitrogens with two attached hydrogens (primary N) is 1. The molecule has 0 saturated carbocycles. The van der Waals surface area contributed by atoms with Gasteiger partial charge in [0.1, 0.15) is 5.54 Å². The number of rotatable bonds is 7. The van der Waals surface area contributed by atoms with Crippen LogP contribution in [0.2, 0.25) is 0 Å². The quantitative estimate of drug-likeness (QED) is 0.684. The van der Waals surface area contributed by atoms with Crippen molar-refractivity contribution in [2.45, 2.75) is 57.9 Å². The topological polar surface area (TPSA) is 66.6 Å². The smallest absolute Gasteiger partial charge is 0.323 e. The summed E-state index contributed by atoms with van der Waals surface area (Å²) in [6.07, 6.45) is 6.46. The fraction of sp³-hybridized carbons (Fsp3) is 0.929. The van der Waals surface area contributed by atoms with E-state index in [1.807, 2.05) is 0 Å². The average molecular weight is 256 g/mol. The second kappa shape index (κ2) is 7.10. The maximum atomic E-state index is 10.9. The van der Waals surface area contributed by atoms with Crippen molar-refractivity contribution in [3.05, 3.63) is 0 Å². The zero-order valence-electron chi connectivity index (χ0n) is 11.8. The van der Waals surface area contributed by atoms with Gasteiger partial charge in [0, 0.05) is 6.54 Å². The number of hydrogen-bond acceptors (Lipinski definition) is 3. The maximum Gasteiger partial charge on any atom is 0.323 e. The fourth-order valence-corrected chi connectivity index (χ4v) is 2.62. The van der Waals surface area contributed by atoms with Crippen LogP contribution in [-0.2, 0) is 4.79 Å². The Morgan fingerprint density at radius 3 is 2.83 bits per heavy atom. The molecule has 1 fully saturated rings. The molecule has 106 valence electrons. The number of nitrogens with zero attached hydrogens (tertiary/aromatic N) is 1. The van der Waals surface area contributed by atoms with Crippen LogP contribution in [0.15, 0.2) is 0 Å². The number of hydrogen-bond donors (Lipinski definition) is 2. The van der Waals surface area contributed by atoms with Gasteiger partial charge >= 0.3 is 5.97 Å². The first-order chi connectivity index (χ1) is 8.45. The van der Waals surface area contributed by atoms with E-state index in [1.54, 1.807) is 6.92 Å². The number of carbonyl (C=O) groups is 1. The molecule has 1 heterocycles. The molecule has 0 amide bonds. The SMILES string of the molecule is CCC1CCCN(CCCCC(C)(N)C(=O)O)C1. The third-order valence-corrected chi connectivity index (χ3v) is 4.09. The van der Waals surface area contributed by atoms with Crippen molar-refractivity contribution in [3.8, 4) is 0 Å². The Morgan fingerprint density at radius 1 is 1.50 bits per heavy atom. The Labute approximate surface area is 111 Å². The molecule has 4 heteroatoms. The van der Waals surface area contributed by atoms with Crippen LogP contribution in [0.3, 0.4) is 0 Å². The number of aliphatic carboxylic acids is 1. The van der Waals surface area contributed by atoms with Crippen LogP contribution < -0.4 is 5.73 Å². The number of likely N-dealkylation sites (tertiary alicyclic amines) is 1. The molecule has 0 spiro atoms. The van der Waals surface area contributed by atoms with Crippen LogP contribution in [0.1, 0.15) is 52.4 Å². The van der Waals surface area contributed by atoms with E-state index in [0.717, 1.165) is 25.3 Å². The Bertz CT molecular complexity index is 267. The Kier molecular flexibility index (Phi) is 6.09. The lowest BCUT2D eigenvalue weighted by atomic mass is 9.94. The number of unbranched alkanes of at least 4 members (excludes halogenated alkanes) is 1.